The Bertz CT molecular complexity index is 708. The Morgan fingerprint density at radius 2 is 1.25 bits per heavy atom. The lowest BCUT2D eigenvalue weighted by molar-refractivity contribution is 0.262. The van der Waals surface area contributed by atoms with Gasteiger partial charge in [-0.25, -0.2) is 28.7 Å². The van der Waals surface area contributed by atoms with E-state index < -0.39 is 11.6 Å². The summed E-state index contributed by atoms with van der Waals surface area (Å²) in [6, 6.07) is 0. The number of anilines is 2. The van der Waals surface area contributed by atoms with Crippen molar-refractivity contribution < 1.29 is 8.78 Å². The van der Waals surface area contributed by atoms with Gasteiger partial charge in [-0.1, -0.05) is 0 Å². The molecule has 2 saturated heterocycles. The summed E-state index contributed by atoms with van der Waals surface area (Å²) in [4.78, 5) is 20.6. The third-order valence-electron chi connectivity index (χ3n) is 4.88. The second-order valence-electron chi connectivity index (χ2n) is 6.60. The quantitative estimate of drug-likeness (QED) is 0.839. The van der Waals surface area contributed by atoms with E-state index in [0.717, 1.165) is 45.4 Å². The van der Waals surface area contributed by atoms with Crippen LogP contribution < -0.4 is 9.80 Å². The van der Waals surface area contributed by atoms with Crippen molar-refractivity contribution in [1.82, 2.24) is 19.9 Å². The zero-order chi connectivity index (χ0) is 16.6. The van der Waals surface area contributed by atoms with Gasteiger partial charge in [-0.3, -0.25) is 0 Å². The number of rotatable bonds is 2. The molecular formula is C16H18F2N6. The van der Waals surface area contributed by atoms with Crippen molar-refractivity contribution in [1.29, 1.82) is 0 Å². The van der Waals surface area contributed by atoms with Crippen molar-refractivity contribution >= 4 is 11.9 Å². The Labute approximate surface area is 138 Å². The fourth-order valence-corrected chi connectivity index (χ4v) is 3.76. The number of hydrogen-bond acceptors (Lipinski definition) is 6. The summed E-state index contributed by atoms with van der Waals surface area (Å²) in [6.07, 6.45) is 7.99. The number of piperidine rings is 1. The molecule has 126 valence electrons. The zero-order valence-electron chi connectivity index (χ0n) is 13.2. The lowest BCUT2D eigenvalue weighted by Gasteiger charge is -2.40. The Balaban J connectivity index is 1.49. The molecular weight excluding hydrogens is 314 g/mol. The van der Waals surface area contributed by atoms with Gasteiger partial charge >= 0.3 is 0 Å². The highest BCUT2D eigenvalue weighted by Crippen LogP contribution is 2.40. The number of aromatic nitrogens is 4. The van der Waals surface area contributed by atoms with Crippen molar-refractivity contribution in [3.8, 4) is 0 Å². The van der Waals surface area contributed by atoms with Gasteiger partial charge in [0, 0.05) is 31.6 Å². The van der Waals surface area contributed by atoms with Crippen LogP contribution in [0, 0.1) is 17.0 Å². The van der Waals surface area contributed by atoms with Crippen LogP contribution in [-0.2, 0) is 0 Å². The average Bonchev–Trinajstić information content (AvgIpc) is 2.99. The summed E-state index contributed by atoms with van der Waals surface area (Å²) in [6.45, 7) is 3.39. The number of halogens is 2. The minimum atomic E-state index is -0.426. The molecule has 1 unspecified atom stereocenters. The summed E-state index contributed by atoms with van der Waals surface area (Å²) >= 11 is 0. The van der Waals surface area contributed by atoms with E-state index in [1.807, 2.05) is 0 Å². The van der Waals surface area contributed by atoms with Crippen molar-refractivity contribution in [2.75, 3.05) is 36.0 Å². The summed E-state index contributed by atoms with van der Waals surface area (Å²) in [5.74, 6) is 0.298. The first-order chi connectivity index (χ1) is 11.6. The molecule has 24 heavy (non-hydrogen) atoms. The molecule has 1 atom stereocenters. The van der Waals surface area contributed by atoms with Crippen LogP contribution >= 0.6 is 0 Å². The van der Waals surface area contributed by atoms with E-state index in [0.29, 0.717) is 11.9 Å². The second kappa shape index (κ2) is 5.92. The molecule has 2 aliphatic rings. The van der Waals surface area contributed by atoms with Crippen molar-refractivity contribution in [3.05, 3.63) is 36.4 Å². The molecule has 2 aromatic heterocycles. The monoisotopic (exact) mass is 332 g/mol. The second-order valence-corrected chi connectivity index (χ2v) is 6.60. The van der Waals surface area contributed by atoms with Crippen LogP contribution in [0.4, 0.5) is 20.7 Å². The van der Waals surface area contributed by atoms with Crippen LogP contribution in [0.15, 0.2) is 24.8 Å². The van der Waals surface area contributed by atoms with E-state index in [4.69, 9.17) is 0 Å². The van der Waals surface area contributed by atoms with Crippen LogP contribution in [0.2, 0.25) is 0 Å². The number of hydrogen-bond donors (Lipinski definition) is 0. The first-order valence-corrected chi connectivity index (χ1v) is 8.09. The lowest BCUT2D eigenvalue weighted by atomic mass is 9.79. The smallest absolute Gasteiger partial charge is 0.225 e. The molecule has 0 bridgehead atoms. The highest BCUT2D eigenvalue weighted by molar-refractivity contribution is 5.36. The molecule has 0 amide bonds. The molecule has 2 aliphatic heterocycles. The van der Waals surface area contributed by atoms with Gasteiger partial charge in [0.05, 0.1) is 24.8 Å². The van der Waals surface area contributed by atoms with Crippen LogP contribution in [0.25, 0.3) is 0 Å². The van der Waals surface area contributed by atoms with Crippen LogP contribution in [0.5, 0.6) is 0 Å². The van der Waals surface area contributed by atoms with Gasteiger partial charge in [-0.05, 0) is 19.3 Å². The van der Waals surface area contributed by atoms with Crippen molar-refractivity contribution in [3.63, 3.8) is 0 Å². The maximum absolute atomic E-state index is 13.0. The van der Waals surface area contributed by atoms with E-state index in [2.05, 4.69) is 29.7 Å². The highest BCUT2D eigenvalue weighted by Gasteiger charge is 2.42. The molecule has 2 aromatic rings. The third-order valence-corrected chi connectivity index (χ3v) is 4.88. The largest absolute Gasteiger partial charge is 0.340 e. The Morgan fingerprint density at radius 1 is 0.750 bits per heavy atom. The molecule has 6 nitrogen and oxygen atoms in total. The van der Waals surface area contributed by atoms with Crippen LogP contribution in [-0.4, -0.2) is 46.1 Å². The first-order valence-electron chi connectivity index (χ1n) is 8.09. The molecule has 4 rings (SSSR count). The van der Waals surface area contributed by atoms with Crippen molar-refractivity contribution in [2.45, 2.75) is 19.3 Å². The van der Waals surface area contributed by atoms with Gasteiger partial charge in [-0.15, -0.1) is 0 Å². The van der Waals surface area contributed by atoms with Gasteiger partial charge in [0.1, 0.15) is 0 Å². The van der Waals surface area contributed by atoms with E-state index in [1.165, 1.54) is 24.8 Å². The van der Waals surface area contributed by atoms with E-state index >= 15 is 0 Å². The summed E-state index contributed by atoms with van der Waals surface area (Å²) in [5, 5.41) is 0. The van der Waals surface area contributed by atoms with Gasteiger partial charge in [-0.2, -0.15) is 0 Å². The molecule has 8 heteroatoms. The summed E-state index contributed by atoms with van der Waals surface area (Å²) in [7, 11) is 0. The normalized spacial score (nSPS) is 23.9. The standard InChI is InChI=1S/C16H18F2N6/c17-12-6-19-14(20-7-12)23-4-1-2-16(10-23)3-5-24(11-16)15-21-8-13(18)9-22-15/h6-9H,1-5,10-11H2. The average molecular weight is 332 g/mol. The predicted molar refractivity (Wildman–Crippen MR) is 84.7 cm³/mol. The maximum Gasteiger partial charge on any atom is 0.225 e. The molecule has 2 fully saturated rings. The van der Waals surface area contributed by atoms with E-state index in [-0.39, 0.29) is 5.41 Å². The fourth-order valence-electron chi connectivity index (χ4n) is 3.76. The Kier molecular flexibility index (Phi) is 3.74. The molecule has 0 radical (unpaired) electrons. The van der Waals surface area contributed by atoms with E-state index in [1.54, 1.807) is 0 Å². The highest BCUT2D eigenvalue weighted by atomic mass is 19.1. The molecule has 0 aliphatic carbocycles. The van der Waals surface area contributed by atoms with Gasteiger partial charge in [0.25, 0.3) is 0 Å². The van der Waals surface area contributed by atoms with E-state index in [9.17, 15) is 8.78 Å². The predicted octanol–water partition coefficient (Wildman–Crippen LogP) is 2.04. The first kappa shape index (κ1) is 15.2. The Morgan fingerprint density at radius 3 is 1.79 bits per heavy atom. The summed E-state index contributed by atoms with van der Waals surface area (Å²) < 4.78 is 26.0. The van der Waals surface area contributed by atoms with Crippen molar-refractivity contribution in [2.24, 2.45) is 5.41 Å². The van der Waals surface area contributed by atoms with Crippen LogP contribution in [0.1, 0.15) is 19.3 Å². The molecule has 0 N–H and O–H groups in total. The topological polar surface area (TPSA) is 58.0 Å². The molecule has 4 heterocycles. The summed E-state index contributed by atoms with van der Waals surface area (Å²) in [5.41, 5.74) is 0.119. The van der Waals surface area contributed by atoms with Gasteiger partial charge < -0.3 is 9.80 Å². The van der Waals surface area contributed by atoms with Gasteiger partial charge in [0.15, 0.2) is 11.6 Å². The minimum Gasteiger partial charge on any atom is -0.340 e. The lowest BCUT2D eigenvalue weighted by Crippen LogP contribution is -2.45. The molecule has 0 aromatic carbocycles. The zero-order valence-corrected chi connectivity index (χ0v) is 13.2. The Hall–Kier alpha value is -2.38. The molecule has 1 spiro atoms. The van der Waals surface area contributed by atoms with Gasteiger partial charge in [0.2, 0.25) is 11.9 Å². The fraction of sp³-hybridized carbons (Fsp3) is 0.500. The number of nitrogens with zero attached hydrogens (tertiary/aromatic N) is 6. The van der Waals surface area contributed by atoms with Crippen LogP contribution in [0.3, 0.4) is 0 Å². The third kappa shape index (κ3) is 2.88. The molecule has 0 saturated carbocycles. The SMILES string of the molecule is Fc1cnc(N2CCCC3(CCN(c4ncc(F)cn4)C3)C2)nc1. The minimum absolute atomic E-state index is 0.119. The maximum atomic E-state index is 13.0.